The van der Waals surface area contributed by atoms with E-state index in [2.05, 4.69) is 16.4 Å². The molecular formula is C35H38N4O4. The van der Waals surface area contributed by atoms with Crippen LogP contribution in [0.5, 0.6) is 0 Å². The highest BCUT2D eigenvalue weighted by molar-refractivity contribution is 5.92. The van der Waals surface area contributed by atoms with Gasteiger partial charge in [0.25, 0.3) is 0 Å². The monoisotopic (exact) mass is 578 g/mol. The van der Waals surface area contributed by atoms with Gasteiger partial charge in [-0.05, 0) is 41.2 Å². The summed E-state index contributed by atoms with van der Waals surface area (Å²) in [5.41, 5.74) is 6.20. The molecule has 0 fully saturated rings. The summed E-state index contributed by atoms with van der Waals surface area (Å²) in [6.07, 6.45) is 2.54. The molecule has 222 valence electrons. The molecule has 0 radical (unpaired) electrons. The van der Waals surface area contributed by atoms with Crippen LogP contribution in [0, 0.1) is 12.8 Å². The van der Waals surface area contributed by atoms with Gasteiger partial charge in [-0.1, -0.05) is 86.6 Å². The Morgan fingerprint density at radius 3 is 2.21 bits per heavy atom. The molecule has 4 aromatic rings. The lowest BCUT2D eigenvalue weighted by Gasteiger charge is -2.36. The van der Waals surface area contributed by atoms with Gasteiger partial charge in [0.1, 0.15) is 6.04 Å². The molecule has 1 atom stereocenters. The zero-order valence-corrected chi connectivity index (χ0v) is 25.1. The van der Waals surface area contributed by atoms with E-state index in [4.69, 9.17) is 4.74 Å². The SMILES string of the molecule is COC(=O)[C@@H]1Cc2c(ncn2Cc2ccc(NC(=O)CC(C)C)c(C)c2)CN1C(=O)C(c1ccccc1)c1ccccc1. The molecule has 2 heterocycles. The Morgan fingerprint density at radius 1 is 0.977 bits per heavy atom. The minimum atomic E-state index is -0.782. The van der Waals surface area contributed by atoms with E-state index in [9.17, 15) is 14.4 Å². The molecule has 0 spiro atoms. The molecule has 1 aliphatic heterocycles. The number of imidazole rings is 1. The predicted molar refractivity (Wildman–Crippen MR) is 165 cm³/mol. The van der Waals surface area contributed by atoms with E-state index in [1.807, 2.05) is 98.1 Å². The third-order valence-corrected chi connectivity index (χ3v) is 7.90. The molecule has 3 aromatic carbocycles. The first-order valence-electron chi connectivity index (χ1n) is 14.7. The number of amides is 2. The van der Waals surface area contributed by atoms with E-state index in [1.54, 1.807) is 11.2 Å². The molecule has 0 saturated carbocycles. The van der Waals surface area contributed by atoms with E-state index in [-0.39, 0.29) is 24.3 Å². The maximum Gasteiger partial charge on any atom is 0.328 e. The van der Waals surface area contributed by atoms with Crippen molar-refractivity contribution in [3.8, 4) is 0 Å². The van der Waals surface area contributed by atoms with Gasteiger partial charge in [-0.25, -0.2) is 9.78 Å². The fourth-order valence-electron chi connectivity index (χ4n) is 5.76. The van der Waals surface area contributed by atoms with E-state index in [0.717, 1.165) is 39.3 Å². The van der Waals surface area contributed by atoms with Crippen molar-refractivity contribution in [3.05, 3.63) is 119 Å². The lowest BCUT2D eigenvalue weighted by Crippen LogP contribution is -2.51. The molecule has 1 aromatic heterocycles. The number of carbonyl (C=O) groups excluding carboxylic acids is 3. The van der Waals surface area contributed by atoms with Gasteiger partial charge in [-0.2, -0.15) is 0 Å². The molecule has 0 saturated heterocycles. The molecule has 5 rings (SSSR count). The number of fused-ring (bicyclic) bond motifs is 1. The van der Waals surface area contributed by atoms with Crippen LogP contribution in [0.2, 0.25) is 0 Å². The highest BCUT2D eigenvalue weighted by atomic mass is 16.5. The second kappa shape index (κ2) is 13.1. The molecule has 0 unspecified atom stereocenters. The van der Waals surface area contributed by atoms with Crippen molar-refractivity contribution < 1.29 is 19.1 Å². The van der Waals surface area contributed by atoms with Gasteiger partial charge in [-0.15, -0.1) is 0 Å². The summed E-state index contributed by atoms with van der Waals surface area (Å²) in [6.45, 7) is 6.77. The number of carbonyl (C=O) groups is 3. The maximum absolute atomic E-state index is 14.3. The minimum Gasteiger partial charge on any atom is -0.467 e. The van der Waals surface area contributed by atoms with Crippen molar-refractivity contribution >= 4 is 23.5 Å². The molecule has 1 N–H and O–H groups in total. The van der Waals surface area contributed by atoms with E-state index in [0.29, 0.717) is 19.4 Å². The summed E-state index contributed by atoms with van der Waals surface area (Å²) in [5, 5.41) is 3.00. The number of methoxy groups -OCH3 is 1. The van der Waals surface area contributed by atoms with Gasteiger partial charge in [0.15, 0.2) is 0 Å². The average molecular weight is 579 g/mol. The maximum atomic E-state index is 14.3. The second-order valence-electron chi connectivity index (χ2n) is 11.5. The quantitative estimate of drug-likeness (QED) is 0.266. The van der Waals surface area contributed by atoms with Crippen LogP contribution in [0.3, 0.4) is 0 Å². The van der Waals surface area contributed by atoms with Crippen LogP contribution >= 0.6 is 0 Å². The van der Waals surface area contributed by atoms with Crippen molar-refractivity contribution in [1.29, 1.82) is 0 Å². The fourth-order valence-corrected chi connectivity index (χ4v) is 5.76. The number of hydrogen-bond acceptors (Lipinski definition) is 5. The second-order valence-corrected chi connectivity index (χ2v) is 11.5. The topological polar surface area (TPSA) is 93.5 Å². The number of benzene rings is 3. The molecule has 8 nitrogen and oxygen atoms in total. The van der Waals surface area contributed by atoms with E-state index < -0.39 is 17.9 Å². The van der Waals surface area contributed by atoms with Crippen molar-refractivity contribution in [2.75, 3.05) is 12.4 Å². The molecule has 43 heavy (non-hydrogen) atoms. The predicted octanol–water partition coefficient (Wildman–Crippen LogP) is 5.48. The number of nitrogens with zero attached hydrogens (tertiary/aromatic N) is 3. The summed E-state index contributed by atoms with van der Waals surface area (Å²) < 4.78 is 7.23. The molecule has 8 heteroatoms. The van der Waals surface area contributed by atoms with Gasteiger partial charge in [0, 0.05) is 30.8 Å². The lowest BCUT2D eigenvalue weighted by molar-refractivity contribution is -0.154. The summed E-state index contributed by atoms with van der Waals surface area (Å²) in [6, 6.07) is 24.5. The van der Waals surface area contributed by atoms with Crippen LogP contribution in [-0.4, -0.2) is 45.4 Å². The normalized spacial score (nSPS) is 14.5. The molecule has 0 aliphatic carbocycles. The summed E-state index contributed by atoms with van der Waals surface area (Å²) in [5.74, 6) is -0.901. The van der Waals surface area contributed by atoms with Crippen molar-refractivity contribution in [2.24, 2.45) is 5.92 Å². The van der Waals surface area contributed by atoms with E-state index >= 15 is 0 Å². The molecule has 0 bridgehead atoms. The molecule has 2 amide bonds. The molecular weight excluding hydrogens is 540 g/mol. The van der Waals surface area contributed by atoms with Gasteiger partial charge >= 0.3 is 5.97 Å². The van der Waals surface area contributed by atoms with Crippen LogP contribution in [-0.2, 0) is 38.6 Å². The zero-order valence-electron chi connectivity index (χ0n) is 25.1. The van der Waals surface area contributed by atoms with Crippen LogP contribution in [0.15, 0.2) is 85.2 Å². The summed E-state index contributed by atoms with van der Waals surface area (Å²) in [4.78, 5) is 46.0. The fraction of sp³-hybridized carbons (Fsp3) is 0.314. The number of anilines is 1. The van der Waals surface area contributed by atoms with Crippen LogP contribution in [0.25, 0.3) is 0 Å². The lowest BCUT2D eigenvalue weighted by atomic mass is 9.88. The van der Waals surface area contributed by atoms with Crippen LogP contribution < -0.4 is 5.32 Å². The average Bonchev–Trinajstić information content (AvgIpc) is 3.39. The van der Waals surface area contributed by atoms with Gasteiger partial charge in [-0.3, -0.25) is 9.59 Å². The summed E-state index contributed by atoms with van der Waals surface area (Å²) >= 11 is 0. The molecule has 1 aliphatic rings. The van der Waals surface area contributed by atoms with Gasteiger partial charge in [0.05, 0.1) is 31.6 Å². The number of nitrogens with one attached hydrogen (secondary N) is 1. The number of ether oxygens (including phenoxy) is 1. The Morgan fingerprint density at radius 2 is 1.63 bits per heavy atom. The highest BCUT2D eigenvalue weighted by Crippen LogP contribution is 2.32. The van der Waals surface area contributed by atoms with Gasteiger partial charge in [0.2, 0.25) is 11.8 Å². The number of aromatic nitrogens is 2. The summed E-state index contributed by atoms with van der Waals surface area (Å²) in [7, 11) is 1.36. The number of rotatable bonds is 9. The van der Waals surface area contributed by atoms with Crippen LogP contribution in [0.1, 0.15) is 59.8 Å². The largest absolute Gasteiger partial charge is 0.467 e. The third-order valence-electron chi connectivity index (χ3n) is 7.90. The Balaban J connectivity index is 1.41. The minimum absolute atomic E-state index is 0.00394. The Hall–Kier alpha value is -4.72. The smallest absolute Gasteiger partial charge is 0.328 e. The Kier molecular flexibility index (Phi) is 9.04. The first-order valence-corrected chi connectivity index (χ1v) is 14.7. The van der Waals surface area contributed by atoms with Crippen molar-refractivity contribution in [2.45, 2.75) is 58.7 Å². The standard InChI is InChI=1S/C35H38N4O4/c1-23(2)17-32(40)37-28-16-15-25(18-24(28)3)20-38-22-36-29-21-39(31(19-30(29)38)35(42)43-4)34(41)33(26-11-7-5-8-12-26)27-13-9-6-10-14-27/h5-16,18,22-23,31,33H,17,19-21H2,1-4H3,(H,37,40)/t31-/m0/s1. The van der Waals surface area contributed by atoms with E-state index in [1.165, 1.54) is 7.11 Å². The Bertz CT molecular complexity index is 1560. The van der Waals surface area contributed by atoms with Crippen molar-refractivity contribution in [3.63, 3.8) is 0 Å². The van der Waals surface area contributed by atoms with Crippen molar-refractivity contribution in [1.82, 2.24) is 14.5 Å². The zero-order chi connectivity index (χ0) is 30.5. The highest BCUT2D eigenvalue weighted by Gasteiger charge is 2.40. The number of esters is 1. The Labute approximate surface area is 252 Å². The first kappa shape index (κ1) is 29.8. The number of aryl methyl sites for hydroxylation is 1. The number of hydrogen-bond donors (Lipinski definition) is 1. The third kappa shape index (κ3) is 6.69. The van der Waals surface area contributed by atoms with Gasteiger partial charge < -0.3 is 19.5 Å². The van der Waals surface area contributed by atoms with Crippen LogP contribution in [0.4, 0.5) is 5.69 Å². The first-order chi connectivity index (χ1) is 20.7.